The van der Waals surface area contributed by atoms with Crippen LogP contribution in [0.4, 0.5) is 0 Å². The number of aryl methyl sites for hydroxylation is 1. The van der Waals surface area contributed by atoms with E-state index in [9.17, 15) is 9.90 Å². The molecule has 0 spiro atoms. The quantitative estimate of drug-likeness (QED) is 0.776. The maximum atomic E-state index is 11.2. The lowest BCUT2D eigenvalue weighted by atomic mass is 9.65. The lowest BCUT2D eigenvalue weighted by Crippen LogP contribution is -2.42. The number of aromatic nitrogens is 1. The first kappa shape index (κ1) is 9.19. The molecule has 0 radical (unpaired) electrons. The average Bonchev–Trinajstić information content (AvgIpc) is 2.00. The molecule has 0 aliphatic heterocycles. The van der Waals surface area contributed by atoms with Crippen molar-refractivity contribution in [3.05, 3.63) is 29.6 Å². The molecule has 1 fully saturated rings. The van der Waals surface area contributed by atoms with E-state index >= 15 is 0 Å². The highest BCUT2D eigenvalue weighted by atomic mass is 16.4. The van der Waals surface area contributed by atoms with Crippen molar-refractivity contribution in [1.82, 2.24) is 4.98 Å². The largest absolute Gasteiger partial charge is 0.481 e. The van der Waals surface area contributed by atoms with Gasteiger partial charge in [0.25, 0.3) is 0 Å². The Bertz CT molecular complexity index is 369. The van der Waals surface area contributed by atoms with Gasteiger partial charge in [0.05, 0.1) is 5.41 Å². The van der Waals surface area contributed by atoms with Crippen LogP contribution in [0.5, 0.6) is 0 Å². The van der Waals surface area contributed by atoms with Crippen molar-refractivity contribution in [3.63, 3.8) is 0 Å². The van der Waals surface area contributed by atoms with Gasteiger partial charge in [-0.15, -0.1) is 0 Å². The van der Waals surface area contributed by atoms with Crippen LogP contribution in [0.15, 0.2) is 18.5 Å². The summed E-state index contributed by atoms with van der Waals surface area (Å²) in [6, 6.07) is 1.93. The topological polar surface area (TPSA) is 50.2 Å². The number of aliphatic carboxylic acids is 1. The zero-order valence-electron chi connectivity index (χ0n) is 8.16. The molecule has 0 amide bonds. The monoisotopic (exact) mass is 191 g/mol. The van der Waals surface area contributed by atoms with Crippen LogP contribution >= 0.6 is 0 Å². The van der Waals surface area contributed by atoms with Crippen LogP contribution < -0.4 is 0 Å². The molecule has 1 aromatic rings. The van der Waals surface area contributed by atoms with Crippen LogP contribution in [-0.4, -0.2) is 16.1 Å². The van der Waals surface area contributed by atoms with Crippen molar-refractivity contribution >= 4 is 5.97 Å². The minimum Gasteiger partial charge on any atom is -0.481 e. The Morgan fingerprint density at radius 2 is 2.21 bits per heavy atom. The molecular weight excluding hydrogens is 178 g/mol. The Morgan fingerprint density at radius 3 is 2.64 bits per heavy atom. The predicted octanol–water partition coefficient (Wildman–Crippen LogP) is 1.90. The van der Waals surface area contributed by atoms with E-state index in [-0.39, 0.29) is 0 Å². The van der Waals surface area contributed by atoms with Crippen LogP contribution in [-0.2, 0) is 10.2 Å². The second-order valence-corrected chi connectivity index (χ2v) is 3.99. The Morgan fingerprint density at radius 1 is 1.50 bits per heavy atom. The number of carboxylic acid groups (broad SMARTS) is 1. The first-order chi connectivity index (χ1) is 6.65. The van der Waals surface area contributed by atoms with Crippen LogP contribution in [0, 0.1) is 6.92 Å². The molecule has 3 nitrogen and oxygen atoms in total. The van der Waals surface area contributed by atoms with Crippen LogP contribution in [0.1, 0.15) is 30.4 Å². The summed E-state index contributed by atoms with van der Waals surface area (Å²) in [5.41, 5.74) is 1.24. The number of hydrogen-bond acceptors (Lipinski definition) is 2. The Balaban J connectivity index is 2.42. The molecule has 0 bridgehead atoms. The van der Waals surface area contributed by atoms with Gasteiger partial charge in [-0.25, -0.2) is 0 Å². The van der Waals surface area contributed by atoms with Gasteiger partial charge < -0.3 is 5.11 Å². The van der Waals surface area contributed by atoms with E-state index in [1.54, 1.807) is 12.4 Å². The van der Waals surface area contributed by atoms with Gasteiger partial charge in [-0.2, -0.15) is 0 Å². The summed E-state index contributed by atoms with van der Waals surface area (Å²) in [5.74, 6) is -0.712. The second kappa shape index (κ2) is 3.08. The normalized spacial score (nSPS) is 18.6. The third-order valence-electron chi connectivity index (χ3n) is 3.04. The summed E-state index contributed by atoms with van der Waals surface area (Å²) in [4.78, 5) is 15.2. The van der Waals surface area contributed by atoms with Gasteiger partial charge in [0, 0.05) is 12.4 Å². The molecule has 0 atom stereocenters. The molecule has 14 heavy (non-hydrogen) atoms. The van der Waals surface area contributed by atoms with Crippen molar-refractivity contribution in [1.29, 1.82) is 0 Å². The van der Waals surface area contributed by atoms with Crippen molar-refractivity contribution in [2.24, 2.45) is 0 Å². The maximum Gasteiger partial charge on any atom is 0.314 e. The molecule has 3 heteroatoms. The highest BCUT2D eigenvalue weighted by Gasteiger charge is 2.46. The van der Waals surface area contributed by atoms with Crippen LogP contribution in [0.2, 0.25) is 0 Å². The van der Waals surface area contributed by atoms with E-state index in [0.717, 1.165) is 30.4 Å². The first-order valence-corrected chi connectivity index (χ1v) is 4.81. The van der Waals surface area contributed by atoms with E-state index in [1.165, 1.54) is 0 Å². The average molecular weight is 191 g/mol. The molecule has 0 saturated heterocycles. The molecule has 74 valence electrons. The molecule has 2 rings (SSSR count). The highest BCUT2D eigenvalue weighted by molar-refractivity contribution is 5.82. The van der Waals surface area contributed by atoms with Crippen molar-refractivity contribution in [3.8, 4) is 0 Å². The fourth-order valence-electron chi connectivity index (χ4n) is 1.97. The van der Waals surface area contributed by atoms with E-state index < -0.39 is 11.4 Å². The van der Waals surface area contributed by atoms with E-state index in [2.05, 4.69) is 4.98 Å². The van der Waals surface area contributed by atoms with E-state index in [1.807, 2.05) is 13.0 Å². The lowest BCUT2D eigenvalue weighted by molar-refractivity contribution is -0.147. The first-order valence-electron chi connectivity index (χ1n) is 4.81. The number of hydrogen-bond donors (Lipinski definition) is 1. The van der Waals surface area contributed by atoms with Crippen molar-refractivity contribution < 1.29 is 9.90 Å². The van der Waals surface area contributed by atoms with Gasteiger partial charge in [0.15, 0.2) is 0 Å². The number of rotatable bonds is 2. The van der Waals surface area contributed by atoms with Gasteiger partial charge in [-0.05, 0) is 30.9 Å². The van der Waals surface area contributed by atoms with Gasteiger partial charge in [-0.3, -0.25) is 9.78 Å². The van der Waals surface area contributed by atoms with Crippen LogP contribution in [0.3, 0.4) is 0 Å². The summed E-state index contributed by atoms with van der Waals surface area (Å²) in [7, 11) is 0. The third-order valence-corrected chi connectivity index (χ3v) is 3.04. The lowest BCUT2D eigenvalue weighted by Gasteiger charge is -2.37. The molecule has 1 saturated carbocycles. The predicted molar refractivity (Wildman–Crippen MR) is 52.1 cm³/mol. The zero-order valence-corrected chi connectivity index (χ0v) is 8.16. The summed E-state index contributed by atoms with van der Waals surface area (Å²) in [6.07, 6.45) is 5.92. The minimum atomic E-state index is -0.712. The van der Waals surface area contributed by atoms with Gasteiger partial charge in [0.1, 0.15) is 0 Å². The van der Waals surface area contributed by atoms with Crippen LogP contribution in [0.25, 0.3) is 0 Å². The number of carboxylic acids is 1. The summed E-state index contributed by atoms with van der Waals surface area (Å²) >= 11 is 0. The number of carbonyl (C=O) groups is 1. The fraction of sp³-hybridized carbons (Fsp3) is 0.455. The molecule has 1 N–H and O–H groups in total. The smallest absolute Gasteiger partial charge is 0.314 e. The number of nitrogens with zero attached hydrogens (tertiary/aromatic N) is 1. The zero-order chi connectivity index (χ0) is 10.2. The minimum absolute atomic E-state index is 0.640. The molecular formula is C11H13NO2. The standard InChI is InChI=1S/C11H13NO2/c1-8-5-9(7-12-6-8)11(10(13)14)3-2-4-11/h5-7H,2-4H2,1H3,(H,13,14). The van der Waals surface area contributed by atoms with Gasteiger partial charge in [-0.1, -0.05) is 12.5 Å². The SMILES string of the molecule is Cc1cncc(C2(C(=O)O)CCC2)c1. The second-order valence-electron chi connectivity index (χ2n) is 3.99. The molecule has 0 aromatic carbocycles. The Kier molecular flexibility index (Phi) is 2.02. The Hall–Kier alpha value is -1.38. The fourth-order valence-corrected chi connectivity index (χ4v) is 1.97. The molecule has 1 aromatic heterocycles. The summed E-state index contributed by atoms with van der Waals surface area (Å²) in [5, 5.41) is 9.20. The van der Waals surface area contributed by atoms with E-state index in [4.69, 9.17) is 0 Å². The maximum absolute atomic E-state index is 11.2. The van der Waals surface area contributed by atoms with Gasteiger partial charge in [0.2, 0.25) is 0 Å². The summed E-state index contributed by atoms with van der Waals surface area (Å²) in [6.45, 7) is 1.94. The third kappa shape index (κ3) is 1.20. The number of pyridine rings is 1. The van der Waals surface area contributed by atoms with Gasteiger partial charge >= 0.3 is 5.97 Å². The van der Waals surface area contributed by atoms with E-state index in [0.29, 0.717) is 0 Å². The van der Waals surface area contributed by atoms with Crippen molar-refractivity contribution in [2.75, 3.05) is 0 Å². The van der Waals surface area contributed by atoms with Crippen molar-refractivity contribution in [2.45, 2.75) is 31.6 Å². The Labute approximate surface area is 82.8 Å². The molecule has 1 aliphatic carbocycles. The summed E-state index contributed by atoms with van der Waals surface area (Å²) < 4.78 is 0. The molecule has 0 unspecified atom stereocenters. The highest BCUT2D eigenvalue weighted by Crippen LogP contribution is 2.43. The molecule has 1 heterocycles. The molecule has 1 aliphatic rings.